The Morgan fingerprint density at radius 2 is 1.81 bits per heavy atom. The molecule has 0 fully saturated rings. The van der Waals surface area contributed by atoms with Crippen molar-refractivity contribution in [2.75, 3.05) is 0 Å². The van der Waals surface area contributed by atoms with Gasteiger partial charge in [0.25, 0.3) is 0 Å². The molecule has 0 aliphatic heterocycles. The van der Waals surface area contributed by atoms with Crippen molar-refractivity contribution in [3.63, 3.8) is 0 Å². The maximum absolute atomic E-state index is 12.8. The summed E-state index contributed by atoms with van der Waals surface area (Å²) in [5.41, 5.74) is 1.64. The minimum atomic E-state index is -0.662. The van der Waals surface area contributed by atoms with Crippen LogP contribution in [0.5, 0.6) is 0 Å². The molecule has 1 aromatic heterocycles. The third-order valence-corrected chi connectivity index (χ3v) is 3.54. The van der Waals surface area contributed by atoms with E-state index in [2.05, 4.69) is 0 Å². The highest BCUT2D eigenvalue weighted by Crippen LogP contribution is 2.30. The van der Waals surface area contributed by atoms with E-state index in [1.807, 2.05) is 19.9 Å². The summed E-state index contributed by atoms with van der Waals surface area (Å²) < 4.78 is 12.8. The number of halogens is 1. The molecule has 0 saturated heterocycles. The zero-order chi connectivity index (χ0) is 11.7. The maximum Gasteiger partial charge on any atom is 0.123 e. The van der Waals surface area contributed by atoms with E-state index in [1.165, 1.54) is 17.0 Å². The molecule has 0 spiro atoms. The average molecular weight is 236 g/mol. The van der Waals surface area contributed by atoms with Crippen LogP contribution in [0, 0.1) is 19.7 Å². The van der Waals surface area contributed by atoms with Crippen molar-refractivity contribution >= 4 is 11.3 Å². The first-order chi connectivity index (χ1) is 7.58. The SMILES string of the molecule is Cc1cc(C(O)c2ccc(F)cc2)c(C)s1. The third-order valence-electron chi connectivity index (χ3n) is 2.56. The van der Waals surface area contributed by atoms with Crippen LogP contribution in [-0.2, 0) is 0 Å². The molecule has 1 nitrogen and oxygen atoms in total. The van der Waals surface area contributed by atoms with Crippen molar-refractivity contribution in [2.45, 2.75) is 20.0 Å². The second kappa shape index (κ2) is 4.36. The molecule has 1 unspecified atom stereocenters. The lowest BCUT2D eigenvalue weighted by Crippen LogP contribution is -1.99. The smallest absolute Gasteiger partial charge is 0.123 e. The normalized spacial score (nSPS) is 12.8. The predicted molar refractivity (Wildman–Crippen MR) is 64.3 cm³/mol. The molecule has 1 atom stereocenters. The van der Waals surface area contributed by atoms with E-state index in [0.29, 0.717) is 0 Å². The van der Waals surface area contributed by atoms with Crippen molar-refractivity contribution in [3.05, 3.63) is 57.0 Å². The molecule has 1 N–H and O–H groups in total. The summed E-state index contributed by atoms with van der Waals surface area (Å²) in [5, 5.41) is 10.2. The average Bonchev–Trinajstić information content (AvgIpc) is 2.58. The van der Waals surface area contributed by atoms with E-state index < -0.39 is 6.10 Å². The molecule has 2 aromatic rings. The van der Waals surface area contributed by atoms with E-state index >= 15 is 0 Å². The summed E-state index contributed by atoms with van der Waals surface area (Å²) in [6.07, 6.45) is -0.662. The number of hydrogen-bond acceptors (Lipinski definition) is 2. The molecule has 0 aliphatic rings. The quantitative estimate of drug-likeness (QED) is 0.845. The van der Waals surface area contributed by atoms with Crippen molar-refractivity contribution in [3.8, 4) is 0 Å². The van der Waals surface area contributed by atoms with Crippen molar-refractivity contribution in [2.24, 2.45) is 0 Å². The summed E-state index contributed by atoms with van der Waals surface area (Å²) in [6.45, 7) is 4.00. The van der Waals surface area contributed by atoms with Gasteiger partial charge < -0.3 is 5.11 Å². The highest BCUT2D eigenvalue weighted by molar-refractivity contribution is 7.12. The Morgan fingerprint density at radius 1 is 1.19 bits per heavy atom. The first kappa shape index (κ1) is 11.3. The van der Waals surface area contributed by atoms with Gasteiger partial charge in [0, 0.05) is 9.75 Å². The highest BCUT2D eigenvalue weighted by atomic mass is 32.1. The van der Waals surface area contributed by atoms with Crippen molar-refractivity contribution in [1.82, 2.24) is 0 Å². The number of thiophene rings is 1. The van der Waals surface area contributed by atoms with Gasteiger partial charge in [0.2, 0.25) is 0 Å². The lowest BCUT2D eigenvalue weighted by Gasteiger charge is -2.10. The van der Waals surface area contributed by atoms with Crippen LogP contribution in [0.2, 0.25) is 0 Å². The number of aryl methyl sites for hydroxylation is 2. The van der Waals surface area contributed by atoms with Gasteiger partial charge in [-0.3, -0.25) is 0 Å². The van der Waals surface area contributed by atoms with E-state index in [0.717, 1.165) is 16.0 Å². The lowest BCUT2D eigenvalue weighted by molar-refractivity contribution is 0.220. The molecule has 0 amide bonds. The van der Waals surface area contributed by atoms with Gasteiger partial charge in [0.15, 0.2) is 0 Å². The Kier molecular flexibility index (Phi) is 3.08. The molecule has 2 rings (SSSR count). The van der Waals surface area contributed by atoms with Crippen LogP contribution in [0.25, 0.3) is 0 Å². The number of hydrogen-bond donors (Lipinski definition) is 1. The zero-order valence-corrected chi connectivity index (χ0v) is 10.0. The molecular formula is C13H13FOS. The van der Waals surface area contributed by atoms with Gasteiger partial charge in [-0.1, -0.05) is 12.1 Å². The fourth-order valence-corrected chi connectivity index (χ4v) is 2.70. The molecule has 16 heavy (non-hydrogen) atoms. The molecule has 0 aliphatic carbocycles. The molecule has 84 valence electrons. The van der Waals surface area contributed by atoms with E-state index in [1.54, 1.807) is 23.5 Å². The molecule has 1 aromatic carbocycles. The summed E-state index contributed by atoms with van der Waals surface area (Å²) in [6, 6.07) is 7.95. The van der Waals surface area contributed by atoms with Gasteiger partial charge >= 0.3 is 0 Å². The minimum absolute atomic E-state index is 0.283. The van der Waals surface area contributed by atoms with Crippen LogP contribution in [0.15, 0.2) is 30.3 Å². The summed E-state index contributed by atoms with van der Waals surface area (Å²) >= 11 is 1.66. The second-order valence-corrected chi connectivity index (χ2v) is 5.28. The van der Waals surface area contributed by atoms with Crippen LogP contribution in [0.4, 0.5) is 4.39 Å². The summed E-state index contributed by atoms with van der Waals surface area (Å²) in [5.74, 6) is -0.283. The van der Waals surface area contributed by atoms with Gasteiger partial charge in [0.1, 0.15) is 11.9 Å². The fraction of sp³-hybridized carbons (Fsp3) is 0.231. The standard InChI is InChI=1S/C13H13FOS/c1-8-7-12(9(2)16-8)13(15)10-3-5-11(14)6-4-10/h3-7,13,15H,1-2H3. The molecule has 1 heterocycles. The molecule has 0 saturated carbocycles. The topological polar surface area (TPSA) is 20.2 Å². The highest BCUT2D eigenvalue weighted by Gasteiger charge is 2.14. The zero-order valence-electron chi connectivity index (χ0n) is 9.20. The van der Waals surface area contributed by atoms with E-state index in [9.17, 15) is 9.50 Å². The Morgan fingerprint density at radius 3 is 2.31 bits per heavy atom. The maximum atomic E-state index is 12.8. The fourth-order valence-electron chi connectivity index (χ4n) is 1.75. The lowest BCUT2D eigenvalue weighted by atomic mass is 10.0. The molecule has 0 bridgehead atoms. The van der Waals surface area contributed by atoms with Crippen LogP contribution in [-0.4, -0.2) is 5.11 Å². The summed E-state index contributed by atoms with van der Waals surface area (Å²) in [4.78, 5) is 2.28. The van der Waals surface area contributed by atoms with Gasteiger partial charge in [-0.25, -0.2) is 4.39 Å². The van der Waals surface area contributed by atoms with Crippen LogP contribution in [0.3, 0.4) is 0 Å². The molecule has 0 radical (unpaired) electrons. The number of aliphatic hydroxyl groups is 1. The Balaban J connectivity index is 2.35. The van der Waals surface area contributed by atoms with E-state index in [4.69, 9.17) is 0 Å². The molecule has 3 heteroatoms. The van der Waals surface area contributed by atoms with Crippen LogP contribution >= 0.6 is 11.3 Å². The first-order valence-corrected chi connectivity index (χ1v) is 5.90. The van der Waals surface area contributed by atoms with Crippen molar-refractivity contribution in [1.29, 1.82) is 0 Å². The Hall–Kier alpha value is -1.19. The summed E-state index contributed by atoms with van der Waals surface area (Å²) in [7, 11) is 0. The van der Waals surface area contributed by atoms with Crippen molar-refractivity contribution < 1.29 is 9.50 Å². The minimum Gasteiger partial charge on any atom is -0.384 e. The van der Waals surface area contributed by atoms with Gasteiger partial charge in [0.05, 0.1) is 0 Å². The number of benzene rings is 1. The second-order valence-electron chi connectivity index (χ2n) is 3.82. The van der Waals surface area contributed by atoms with Crippen LogP contribution in [0.1, 0.15) is 27.0 Å². The van der Waals surface area contributed by atoms with Gasteiger partial charge in [-0.05, 0) is 43.2 Å². The monoisotopic (exact) mass is 236 g/mol. The molecular weight excluding hydrogens is 223 g/mol. The first-order valence-electron chi connectivity index (χ1n) is 5.08. The van der Waals surface area contributed by atoms with Gasteiger partial charge in [-0.2, -0.15) is 0 Å². The number of aliphatic hydroxyl groups excluding tert-OH is 1. The number of rotatable bonds is 2. The third kappa shape index (κ3) is 2.15. The Labute approximate surface area is 98.2 Å². The van der Waals surface area contributed by atoms with Crippen LogP contribution < -0.4 is 0 Å². The largest absolute Gasteiger partial charge is 0.384 e. The van der Waals surface area contributed by atoms with E-state index in [-0.39, 0.29) is 5.82 Å². The Bertz CT molecular complexity index is 487. The predicted octanol–water partition coefficient (Wildman–Crippen LogP) is 3.59. The van der Waals surface area contributed by atoms with Gasteiger partial charge in [-0.15, -0.1) is 11.3 Å².